The summed E-state index contributed by atoms with van der Waals surface area (Å²) in [7, 11) is 0. The topological polar surface area (TPSA) is 53.1 Å². The number of hydrogen-bond acceptors (Lipinski definition) is 3. The van der Waals surface area contributed by atoms with E-state index >= 15 is 0 Å². The standard InChI is InChI=1S/C22H21NO2S/c1-3-13(2)14-4-6-15(7-5-14)19-16(12-24)8-9-18-20(19)17-10-11-26-21(17)22(25)23-18/h4-11,13,24H,3,12H2,1-2H3,(H,23,25)/t13-/m0/s1. The highest BCUT2D eigenvalue weighted by Crippen LogP contribution is 2.37. The van der Waals surface area contributed by atoms with Crippen LogP contribution in [0.15, 0.2) is 52.6 Å². The van der Waals surface area contributed by atoms with Crippen LogP contribution in [0.5, 0.6) is 0 Å². The number of aromatic amines is 1. The number of aliphatic hydroxyl groups excluding tert-OH is 1. The Labute approximate surface area is 155 Å². The lowest BCUT2D eigenvalue weighted by Crippen LogP contribution is -2.05. The van der Waals surface area contributed by atoms with E-state index in [1.165, 1.54) is 16.9 Å². The van der Waals surface area contributed by atoms with Crippen LogP contribution in [-0.2, 0) is 6.61 Å². The summed E-state index contributed by atoms with van der Waals surface area (Å²) in [5.74, 6) is 0.522. The van der Waals surface area contributed by atoms with E-state index in [2.05, 4.69) is 43.1 Å². The van der Waals surface area contributed by atoms with Crippen molar-refractivity contribution in [1.29, 1.82) is 0 Å². The van der Waals surface area contributed by atoms with Crippen LogP contribution in [0.4, 0.5) is 0 Å². The number of aliphatic hydroxyl groups is 1. The fourth-order valence-corrected chi connectivity index (χ4v) is 4.36. The van der Waals surface area contributed by atoms with Gasteiger partial charge in [0.15, 0.2) is 0 Å². The summed E-state index contributed by atoms with van der Waals surface area (Å²) in [5.41, 5.74) is 4.99. The predicted octanol–water partition coefficient (Wildman–Crippen LogP) is 5.42. The van der Waals surface area contributed by atoms with Gasteiger partial charge >= 0.3 is 0 Å². The molecule has 0 saturated carbocycles. The van der Waals surface area contributed by atoms with Gasteiger partial charge in [-0.15, -0.1) is 11.3 Å². The van der Waals surface area contributed by atoms with E-state index < -0.39 is 0 Å². The molecular weight excluding hydrogens is 342 g/mol. The Bertz CT molecular complexity index is 1140. The summed E-state index contributed by atoms with van der Waals surface area (Å²) in [4.78, 5) is 15.3. The fourth-order valence-electron chi connectivity index (χ4n) is 3.57. The lowest BCUT2D eigenvalue weighted by Gasteiger charge is -2.15. The molecule has 2 heterocycles. The smallest absolute Gasteiger partial charge is 0.266 e. The van der Waals surface area contributed by atoms with Crippen molar-refractivity contribution in [3.8, 4) is 11.1 Å². The Hall–Kier alpha value is -2.43. The molecule has 0 bridgehead atoms. The third-order valence-electron chi connectivity index (χ3n) is 5.23. The summed E-state index contributed by atoms with van der Waals surface area (Å²) >= 11 is 1.45. The van der Waals surface area contributed by atoms with Crippen LogP contribution in [0.1, 0.15) is 37.3 Å². The van der Waals surface area contributed by atoms with E-state index in [0.29, 0.717) is 5.92 Å². The van der Waals surface area contributed by atoms with Crippen LogP contribution in [0.3, 0.4) is 0 Å². The zero-order valence-corrected chi connectivity index (χ0v) is 15.7. The van der Waals surface area contributed by atoms with Crippen molar-refractivity contribution < 1.29 is 5.11 Å². The molecule has 132 valence electrons. The molecule has 0 unspecified atom stereocenters. The van der Waals surface area contributed by atoms with Crippen molar-refractivity contribution in [3.63, 3.8) is 0 Å². The molecule has 2 N–H and O–H groups in total. The molecule has 4 aromatic rings. The van der Waals surface area contributed by atoms with Crippen molar-refractivity contribution in [2.75, 3.05) is 0 Å². The summed E-state index contributed by atoms with van der Waals surface area (Å²) in [6, 6.07) is 14.4. The van der Waals surface area contributed by atoms with Crippen LogP contribution in [0.25, 0.3) is 32.1 Å². The molecule has 2 aromatic carbocycles. The van der Waals surface area contributed by atoms with Crippen LogP contribution in [-0.4, -0.2) is 10.1 Å². The lowest BCUT2D eigenvalue weighted by molar-refractivity contribution is 0.282. The SMILES string of the molecule is CC[C@H](C)c1ccc(-c2c(CO)ccc3[nH]c(=O)c4sccc4c23)cc1. The monoisotopic (exact) mass is 363 g/mol. The normalized spacial score (nSPS) is 12.7. The van der Waals surface area contributed by atoms with Gasteiger partial charge in [-0.1, -0.05) is 44.2 Å². The summed E-state index contributed by atoms with van der Waals surface area (Å²) in [6.07, 6.45) is 1.10. The second-order valence-electron chi connectivity index (χ2n) is 6.73. The summed E-state index contributed by atoms with van der Waals surface area (Å²) in [5, 5.41) is 13.8. The second-order valence-corrected chi connectivity index (χ2v) is 7.65. The quantitative estimate of drug-likeness (QED) is 0.509. The summed E-state index contributed by atoms with van der Waals surface area (Å²) < 4.78 is 0.727. The number of pyridine rings is 1. The van der Waals surface area contributed by atoms with E-state index in [9.17, 15) is 9.90 Å². The zero-order chi connectivity index (χ0) is 18.3. The van der Waals surface area contributed by atoms with Gasteiger partial charge in [-0.2, -0.15) is 0 Å². The molecule has 0 saturated heterocycles. The maximum Gasteiger partial charge on any atom is 0.266 e. The van der Waals surface area contributed by atoms with Crippen molar-refractivity contribution >= 4 is 32.3 Å². The van der Waals surface area contributed by atoms with E-state index in [0.717, 1.165) is 44.1 Å². The molecule has 0 fully saturated rings. The van der Waals surface area contributed by atoms with Gasteiger partial charge in [-0.3, -0.25) is 4.79 Å². The first-order chi connectivity index (χ1) is 12.6. The fraction of sp³-hybridized carbons (Fsp3) is 0.227. The maximum atomic E-state index is 12.3. The van der Waals surface area contributed by atoms with Gasteiger partial charge in [0.05, 0.1) is 6.61 Å². The third-order valence-corrected chi connectivity index (χ3v) is 6.14. The van der Waals surface area contributed by atoms with Gasteiger partial charge < -0.3 is 10.1 Å². The molecule has 4 heteroatoms. The first kappa shape index (κ1) is 17.0. The average molecular weight is 363 g/mol. The Morgan fingerprint density at radius 2 is 1.88 bits per heavy atom. The minimum atomic E-state index is -0.0580. The number of rotatable bonds is 4. The van der Waals surface area contributed by atoms with Crippen LogP contribution < -0.4 is 5.56 Å². The minimum Gasteiger partial charge on any atom is -0.392 e. The molecule has 0 aliphatic rings. The van der Waals surface area contributed by atoms with Gasteiger partial charge in [0.2, 0.25) is 0 Å². The van der Waals surface area contributed by atoms with Crippen molar-refractivity contribution in [3.05, 3.63) is 69.3 Å². The molecule has 0 amide bonds. The molecule has 4 rings (SSSR count). The van der Waals surface area contributed by atoms with Crippen molar-refractivity contribution in [2.45, 2.75) is 32.8 Å². The summed E-state index contributed by atoms with van der Waals surface area (Å²) in [6.45, 7) is 4.38. The molecule has 0 aliphatic carbocycles. The number of nitrogens with one attached hydrogen (secondary N) is 1. The molecule has 2 aromatic heterocycles. The number of hydrogen-bond donors (Lipinski definition) is 2. The Morgan fingerprint density at radius 3 is 2.58 bits per heavy atom. The van der Waals surface area contributed by atoms with E-state index in [1.807, 2.05) is 23.6 Å². The van der Waals surface area contributed by atoms with Gasteiger partial charge in [-0.25, -0.2) is 0 Å². The minimum absolute atomic E-state index is 0.0385. The average Bonchev–Trinajstić information content (AvgIpc) is 3.17. The number of benzene rings is 2. The molecule has 3 nitrogen and oxygen atoms in total. The molecule has 26 heavy (non-hydrogen) atoms. The highest BCUT2D eigenvalue weighted by atomic mass is 32.1. The number of aromatic nitrogens is 1. The Kier molecular flexibility index (Phi) is 4.39. The lowest BCUT2D eigenvalue weighted by atomic mass is 9.91. The number of fused-ring (bicyclic) bond motifs is 3. The molecular formula is C22H21NO2S. The first-order valence-corrected chi connectivity index (χ1v) is 9.78. The maximum absolute atomic E-state index is 12.3. The van der Waals surface area contributed by atoms with E-state index in [4.69, 9.17) is 0 Å². The second kappa shape index (κ2) is 6.71. The van der Waals surface area contributed by atoms with Crippen LogP contribution in [0.2, 0.25) is 0 Å². The molecule has 0 radical (unpaired) electrons. The Morgan fingerprint density at radius 1 is 1.12 bits per heavy atom. The molecule has 0 aliphatic heterocycles. The van der Waals surface area contributed by atoms with E-state index in [1.54, 1.807) is 0 Å². The molecule has 0 spiro atoms. The predicted molar refractivity (Wildman–Crippen MR) is 110 cm³/mol. The van der Waals surface area contributed by atoms with Crippen LogP contribution in [0, 0.1) is 0 Å². The van der Waals surface area contributed by atoms with Crippen molar-refractivity contribution in [1.82, 2.24) is 4.98 Å². The van der Waals surface area contributed by atoms with Gasteiger partial charge in [0, 0.05) is 16.3 Å². The van der Waals surface area contributed by atoms with Gasteiger partial charge in [-0.05, 0) is 52.1 Å². The third kappa shape index (κ3) is 2.66. The number of H-pyrrole nitrogens is 1. The van der Waals surface area contributed by atoms with Crippen LogP contribution >= 0.6 is 11.3 Å². The van der Waals surface area contributed by atoms with E-state index in [-0.39, 0.29) is 12.2 Å². The molecule has 1 atom stereocenters. The highest BCUT2D eigenvalue weighted by Gasteiger charge is 2.15. The van der Waals surface area contributed by atoms with Gasteiger partial charge in [0.1, 0.15) is 4.70 Å². The first-order valence-electron chi connectivity index (χ1n) is 8.90. The zero-order valence-electron chi connectivity index (χ0n) is 14.9. The number of thiophene rings is 1. The van der Waals surface area contributed by atoms with Crippen molar-refractivity contribution in [2.24, 2.45) is 0 Å². The highest BCUT2D eigenvalue weighted by molar-refractivity contribution is 7.17. The Balaban J connectivity index is 2.04. The van der Waals surface area contributed by atoms with Gasteiger partial charge in [0.25, 0.3) is 5.56 Å². The largest absolute Gasteiger partial charge is 0.392 e.